The monoisotopic (exact) mass is 318 g/mol. The normalized spacial score (nSPS) is 15.7. The molecule has 5 nitrogen and oxygen atoms in total. The first-order valence-corrected chi connectivity index (χ1v) is 7.78. The molecule has 0 aromatic heterocycles. The smallest absolute Gasteiger partial charge is 0.349 e. The van der Waals surface area contributed by atoms with E-state index in [1.54, 1.807) is 14.0 Å². The molecule has 0 radical (unpaired) electrons. The van der Waals surface area contributed by atoms with E-state index >= 15 is 0 Å². The molecule has 0 aromatic carbocycles. The van der Waals surface area contributed by atoms with Gasteiger partial charge in [0, 0.05) is 30.6 Å². The minimum atomic E-state index is -0.614. The number of ether oxygens (including phenoxy) is 2. The van der Waals surface area contributed by atoms with Gasteiger partial charge in [-0.05, 0) is 38.8 Å². The number of nitrogens with zero attached hydrogens (tertiary/aromatic N) is 2. The Bertz CT molecular complexity index is 558. The maximum Gasteiger partial charge on any atom is 0.349 e. The Kier molecular flexibility index (Phi) is 7.05. The fourth-order valence-electron chi connectivity index (χ4n) is 2.28. The maximum absolute atomic E-state index is 12.1. The zero-order chi connectivity index (χ0) is 17.6. The molecule has 0 saturated carbocycles. The van der Waals surface area contributed by atoms with E-state index in [4.69, 9.17) is 9.47 Å². The number of rotatable bonds is 6. The van der Waals surface area contributed by atoms with E-state index in [1.165, 1.54) is 0 Å². The van der Waals surface area contributed by atoms with Gasteiger partial charge in [0.25, 0.3) is 0 Å². The lowest BCUT2D eigenvalue weighted by atomic mass is 10.0. The van der Waals surface area contributed by atoms with Gasteiger partial charge in [-0.3, -0.25) is 0 Å². The Labute approximate surface area is 138 Å². The average molecular weight is 318 g/mol. The molecule has 0 spiro atoms. The standard InChI is InChI=1S/C18H26N2O3/c1-12(2)10-20-13(3)7-16(8-14(20)4)17(9-19)18(21)23-11-15(5)22-6/h7-8,12,15H,10-11H2,1-6H3. The summed E-state index contributed by atoms with van der Waals surface area (Å²) in [6, 6.07) is 1.97. The van der Waals surface area contributed by atoms with Crippen LogP contribution in [0.3, 0.4) is 0 Å². The van der Waals surface area contributed by atoms with E-state index in [2.05, 4.69) is 18.7 Å². The summed E-state index contributed by atoms with van der Waals surface area (Å²) in [5, 5.41) is 9.34. The van der Waals surface area contributed by atoms with Crippen LogP contribution in [-0.4, -0.2) is 37.2 Å². The van der Waals surface area contributed by atoms with E-state index in [1.807, 2.05) is 32.1 Å². The molecule has 0 N–H and O–H groups in total. The van der Waals surface area contributed by atoms with Crippen LogP contribution >= 0.6 is 0 Å². The zero-order valence-electron chi connectivity index (χ0n) is 14.8. The highest BCUT2D eigenvalue weighted by molar-refractivity contribution is 5.95. The molecule has 1 rings (SSSR count). The van der Waals surface area contributed by atoms with Crippen molar-refractivity contribution < 1.29 is 14.3 Å². The molecule has 0 saturated heterocycles. The lowest BCUT2D eigenvalue weighted by molar-refractivity contribution is -0.141. The van der Waals surface area contributed by atoms with Gasteiger partial charge in [0.1, 0.15) is 18.2 Å². The van der Waals surface area contributed by atoms with Crippen LogP contribution in [0, 0.1) is 17.2 Å². The summed E-state index contributed by atoms with van der Waals surface area (Å²) < 4.78 is 10.2. The number of allylic oxidation sites excluding steroid dienone is 5. The summed E-state index contributed by atoms with van der Waals surface area (Å²) in [4.78, 5) is 14.3. The lowest BCUT2D eigenvalue weighted by Crippen LogP contribution is -2.27. The third kappa shape index (κ3) is 5.26. The topological polar surface area (TPSA) is 62.6 Å². The summed E-state index contributed by atoms with van der Waals surface area (Å²) >= 11 is 0. The number of esters is 1. The van der Waals surface area contributed by atoms with Crippen LogP contribution in [0.5, 0.6) is 0 Å². The summed E-state index contributed by atoms with van der Waals surface area (Å²) in [5.41, 5.74) is 2.65. The predicted octanol–water partition coefficient (Wildman–Crippen LogP) is 3.16. The molecule has 1 aliphatic rings. The van der Waals surface area contributed by atoms with Crippen LogP contribution < -0.4 is 0 Å². The number of hydrogen-bond donors (Lipinski definition) is 0. The van der Waals surface area contributed by atoms with Crippen LogP contribution in [0.2, 0.25) is 0 Å². The third-order valence-corrected chi connectivity index (χ3v) is 3.58. The molecule has 1 unspecified atom stereocenters. The maximum atomic E-state index is 12.1. The highest BCUT2D eigenvalue weighted by Gasteiger charge is 2.21. The highest BCUT2D eigenvalue weighted by Crippen LogP contribution is 2.25. The molecule has 0 fully saturated rings. The molecule has 0 bridgehead atoms. The van der Waals surface area contributed by atoms with Gasteiger partial charge in [-0.2, -0.15) is 5.26 Å². The number of carbonyl (C=O) groups is 1. The largest absolute Gasteiger partial charge is 0.459 e. The van der Waals surface area contributed by atoms with Crippen molar-refractivity contribution in [3.63, 3.8) is 0 Å². The minimum Gasteiger partial charge on any atom is -0.459 e. The van der Waals surface area contributed by atoms with Gasteiger partial charge in [-0.25, -0.2) is 4.79 Å². The third-order valence-electron chi connectivity index (χ3n) is 3.58. The second kappa shape index (κ2) is 8.54. The molecular weight excluding hydrogens is 292 g/mol. The van der Waals surface area contributed by atoms with E-state index in [0.717, 1.165) is 17.9 Å². The van der Waals surface area contributed by atoms with Gasteiger partial charge in [-0.1, -0.05) is 13.8 Å². The van der Waals surface area contributed by atoms with Crippen LogP contribution in [0.1, 0.15) is 34.6 Å². The van der Waals surface area contributed by atoms with E-state index in [0.29, 0.717) is 11.5 Å². The molecular formula is C18H26N2O3. The van der Waals surface area contributed by atoms with Crippen LogP contribution in [0.4, 0.5) is 0 Å². The zero-order valence-corrected chi connectivity index (χ0v) is 14.8. The van der Waals surface area contributed by atoms with Crippen molar-refractivity contribution in [2.24, 2.45) is 5.92 Å². The second-order valence-corrected chi connectivity index (χ2v) is 6.16. The van der Waals surface area contributed by atoms with Crippen LogP contribution in [0.15, 0.2) is 34.7 Å². The molecule has 1 aliphatic heterocycles. The summed E-state index contributed by atoms with van der Waals surface area (Å²) in [7, 11) is 1.55. The molecule has 126 valence electrons. The van der Waals surface area contributed by atoms with Crippen molar-refractivity contribution in [3.8, 4) is 6.07 Å². The molecule has 0 amide bonds. The number of nitriles is 1. The van der Waals surface area contributed by atoms with Crippen LogP contribution in [-0.2, 0) is 14.3 Å². The molecule has 0 aromatic rings. The quantitative estimate of drug-likeness (QED) is 0.427. The Balaban J connectivity index is 3.01. The SMILES string of the molecule is COC(C)COC(=O)C(C#N)=C1C=C(C)N(CC(C)C)C(C)=C1. The lowest BCUT2D eigenvalue weighted by Gasteiger charge is -2.31. The second-order valence-electron chi connectivity index (χ2n) is 6.16. The fourth-order valence-corrected chi connectivity index (χ4v) is 2.28. The molecule has 1 heterocycles. The van der Waals surface area contributed by atoms with E-state index in [-0.39, 0.29) is 18.3 Å². The predicted molar refractivity (Wildman–Crippen MR) is 89.1 cm³/mol. The Morgan fingerprint density at radius 2 is 1.83 bits per heavy atom. The van der Waals surface area contributed by atoms with Crippen molar-refractivity contribution in [1.82, 2.24) is 4.90 Å². The molecule has 0 aliphatic carbocycles. The summed E-state index contributed by atoms with van der Waals surface area (Å²) in [6.45, 7) is 11.1. The Morgan fingerprint density at radius 3 is 2.26 bits per heavy atom. The molecule has 5 heteroatoms. The van der Waals surface area contributed by atoms with Gasteiger partial charge in [0.15, 0.2) is 0 Å². The average Bonchev–Trinajstić information content (AvgIpc) is 2.49. The van der Waals surface area contributed by atoms with Gasteiger partial charge >= 0.3 is 5.97 Å². The van der Waals surface area contributed by atoms with Gasteiger partial charge in [-0.15, -0.1) is 0 Å². The van der Waals surface area contributed by atoms with Crippen molar-refractivity contribution in [1.29, 1.82) is 5.26 Å². The van der Waals surface area contributed by atoms with E-state index < -0.39 is 5.97 Å². The molecule has 23 heavy (non-hydrogen) atoms. The van der Waals surface area contributed by atoms with Gasteiger partial charge in [0.2, 0.25) is 0 Å². The highest BCUT2D eigenvalue weighted by atomic mass is 16.6. The van der Waals surface area contributed by atoms with Crippen molar-refractivity contribution in [2.75, 3.05) is 20.3 Å². The first-order chi connectivity index (χ1) is 10.8. The van der Waals surface area contributed by atoms with E-state index in [9.17, 15) is 10.1 Å². The Hall–Kier alpha value is -2.06. The van der Waals surface area contributed by atoms with Crippen molar-refractivity contribution in [3.05, 3.63) is 34.7 Å². The van der Waals surface area contributed by atoms with Crippen molar-refractivity contribution in [2.45, 2.75) is 40.7 Å². The first-order valence-electron chi connectivity index (χ1n) is 7.78. The Morgan fingerprint density at radius 1 is 1.26 bits per heavy atom. The molecule has 1 atom stereocenters. The number of methoxy groups -OCH3 is 1. The summed E-state index contributed by atoms with van der Waals surface area (Å²) in [5.74, 6) is -0.0972. The van der Waals surface area contributed by atoms with Crippen LogP contribution in [0.25, 0.3) is 0 Å². The number of carbonyl (C=O) groups excluding carboxylic acids is 1. The summed E-state index contributed by atoms with van der Waals surface area (Å²) in [6.07, 6.45) is 3.51. The fraction of sp³-hybridized carbons (Fsp3) is 0.556. The van der Waals surface area contributed by atoms with Gasteiger partial charge < -0.3 is 14.4 Å². The first kappa shape index (κ1) is 19.0. The van der Waals surface area contributed by atoms with Crippen molar-refractivity contribution >= 4 is 5.97 Å². The number of hydrogen-bond acceptors (Lipinski definition) is 5. The minimum absolute atomic E-state index is 0.0243. The van der Waals surface area contributed by atoms with Gasteiger partial charge in [0.05, 0.1) is 6.10 Å².